The maximum absolute atomic E-state index is 2.34. The van der Waals surface area contributed by atoms with Crippen LogP contribution in [-0.4, -0.2) is 0 Å². The molecule has 4 bridgehead atoms. The van der Waals surface area contributed by atoms with Gasteiger partial charge in [-0.25, -0.2) is 0 Å². The predicted octanol–water partition coefficient (Wildman–Crippen LogP) is 4.79. The van der Waals surface area contributed by atoms with Crippen LogP contribution >= 0.6 is 11.3 Å². The fourth-order valence-corrected chi connectivity index (χ4v) is 4.08. The molecule has 94 valence electrons. The highest BCUT2D eigenvalue weighted by Crippen LogP contribution is 2.28. The number of rotatable bonds is 0. The normalized spacial score (nSPS) is 14.5. The van der Waals surface area contributed by atoms with Crippen LogP contribution < -0.4 is 0 Å². The minimum absolute atomic E-state index is 1.15. The zero-order chi connectivity index (χ0) is 12.7. The average Bonchev–Trinajstić information content (AvgIpc) is 2.88. The lowest BCUT2D eigenvalue weighted by atomic mass is 9.94. The van der Waals surface area contributed by atoms with Crippen molar-refractivity contribution in [1.82, 2.24) is 0 Å². The van der Waals surface area contributed by atoms with E-state index >= 15 is 0 Å². The monoisotopic (exact) mass is 264 g/mol. The fourth-order valence-electron chi connectivity index (χ4n) is 3.07. The molecular formula is C18H16S. The quantitative estimate of drug-likeness (QED) is 0.548. The van der Waals surface area contributed by atoms with E-state index < -0.39 is 0 Å². The molecule has 0 unspecified atom stereocenters. The first kappa shape index (κ1) is 11.2. The Bertz CT molecular complexity index is 675. The van der Waals surface area contributed by atoms with E-state index in [0.29, 0.717) is 0 Å². The maximum Gasteiger partial charge on any atom is 0.00514 e. The van der Waals surface area contributed by atoms with Gasteiger partial charge in [-0.15, -0.1) is 11.3 Å². The lowest BCUT2D eigenvalue weighted by Crippen LogP contribution is -1.95. The SMILES string of the molecule is c1ccc2c3ccc(c2c1)CCc1ccc(s1)CC3. The fraction of sp³-hybridized carbons (Fsp3) is 0.222. The second-order valence-electron chi connectivity index (χ2n) is 5.30. The zero-order valence-electron chi connectivity index (χ0n) is 10.9. The van der Waals surface area contributed by atoms with Crippen molar-refractivity contribution in [3.05, 3.63) is 69.4 Å². The molecule has 19 heavy (non-hydrogen) atoms. The number of aryl methyl sites for hydroxylation is 4. The number of hydrogen-bond donors (Lipinski definition) is 0. The van der Waals surface area contributed by atoms with Gasteiger partial charge in [-0.05, 0) is 59.7 Å². The van der Waals surface area contributed by atoms with Crippen LogP contribution in [0, 0.1) is 0 Å². The lowest BCUT2D eigenvalue weighted by Gasteiger charge is -2.10. The summed E-state index contributed by atoms with van der Waals surface area (Å²) in [4.78, 5) is 3.06. The second kappa shape index (κ2) is 4.50. The molecule has 3 aromatic rings. The summed E-state index contributed by atoms with van der Waals surface area (Å²) in [5.41, 5.74) is 2.99. The van der Waals surface area contributed by atoms with E-state index in [2.05, 4.69) is 48.5 Å². The summed E-state index contributed by atoms with van der Waals surface area (Å²) in [6, 6.07) is 18.2. The maximum atomic E-state index is 2.34. The summed E-state index contributed by atoms with van der Waals surface area (Å²) in [6.07, 6.45) is 4.66. The molecule has 0 amide bonds. The Morgan fingerprint density at radius 2 is 1.11 bits per heavy atom. The molecule has 0 N–H and O–H groups in total. The Hall–Kier alpha value is -1.60. The highest BCUT2D eigenvalue weighted by Gasteiger charge is 2.10. The smallest absolute Gasteiger partial charge is 0.00514 e. The van der Waals surface area contributed by atoms with E-state index in [0.717, 1.165) is 12.8 Å². The van der Waals surface area contributed by atoms with E-state index in [4.69, 9.17) is 0 Å². The van der Waals surface area contributed by atoms with Gasteiger partial charge in [0, 0.05) is 9.75 Å². The van der Waals surface area contributed by atoms with Crippen molar-refractivity contribution in [2.75, 3.05) is 0 Å². The van der Waals surface area contributed by atoms with Crippen LogP contribution in [0.15, 0.2) is 48.5 Å². The van der Waals surface area contributed by atoms with Crippen LogP contribution in [0.2, 0.25) is 0 Å². The molecule has 0 saturated heterocycles. The molecule has 1 aromatic heterocycles. The van der Waals surface area contributed by atoms with Crippen LogP contribution in [0.3, 0.4) is 0 Å². The molecule has 5 rings (SSSR count). The first-order chi connectivity index (χ1) is 9.40. The van der Waals surface area contributed by atoms with Gasteiger partial charge >= 0.3 is 0 Å². The molecule has 0 nitrogen and oxygen atoms in total. The van der Waals surface area contributed by atoms with Crippen molar-refractivity contribution >= 4 is 22.1 Å². The number of hydrogen-bond acceptors (Lipinski definition) is 1. The summed E-state index contributed by atoms with van der Waals surface area (Å²) in [5.74, 6) is 0. The van der Waals surface area contributed by atoms with Crippen molar-refractivity contribution in [2.24, 2.45) is 0 Å². The van der Waals surface area contributed by atoms with Gasteiger partial charge in [-0.3, -0.25) is 0 Å². The van der Waals surface area contributed by atoms with E-state index in [9.17, 15) is 0 Å². The molecule has 0 fully saturated rings. The van der Waals surface area contributed by atoms with Crippen LogP contribution in [0.5, 0.6) is 0 Å². The third-order valence-electron chi connectivity index (χ3n) is 4.10. The predicted molar refractivity (Wildman–Crippen MR) is 83.1 cm³/mol. The van der Waals surface area contributed by atoms with Gasteiger partial charge in [-0.1, -0.05) is 36.4 Å². The van der Waals surface area contributed by atoms with Gasteiger partial charge in [0.2, 0.25) is 0 Å². The third-order valence-corrected chi connectivity index (χ3v) is 5.31. The Labute approximate surface area is 117 Å². The van der Waals surface area contributed by atoms with Gasteiger partial charge < -0.3 is 0 Å². The van der Waals surface area contributed by atoms with Crippen molar-refractivity contribution in [3.63, 3.8) is 0 Å². The minimum Gasteiger partial charge on any atom is -0.145 e. The number of benzene rings is 2. The molecule has 3 heterocycles. The number of fused-ring (bicyclic) bond motifs is 3. The number of thiophene rings is 1. The average molecular weight is 264 g/mol. The first-order valence-corrected chi connectivity index (χ1v) is 7.79. The van der Waals surface area contributed by atoms with Crippen LogP contribution in [0.1, 0.15) is 20.9 Å². The zero-order valence-corrected chi connectivity index (χ0v) is 11.7. The molecular weight excluding hydrogens is 248 g/mol. The van der Waals surface area contributed by atoms with Crippen molar-refractivity contribution in [2.45, 2.75) is 25.7 Å². The summed E-state index contributed by atoms with van der Waals surface area (Å²) in [6.45, 7) is 0. The Morgan fingerprint density at radius 3 is 1.63 bits per heavy atom. The highest BCUT2D eigenvalue weighted by atomic mass is 32.1. The van der Waals surface area contributed by atoms with Gasteiger partial charge in [-0.2, -0.15) is 0 Å². The summed E-state index contributed by atoms with van der Waals surface area (Å²) in [5, 5.41) is 2.91. The Balaban J connectivity index is 1.92. The Kier molecular flexibility index (Phi) is 2.66. The summed E-state index contributed by atoms with van der Waals surface area (Å²) >= 11 is 2.00. The minimum atomic E-state index is 1.15. The van der Waals surface area contributed by atoms with Crippen LogP contribution in [0.25, 0.3) is 10.8 Å². The lowest BCUT2D eigenvalue weighted by molar-refractivity contribution is 0.974. The molecule has 0 saturated carbocycles. The highest BCUT2D eigenvalue weighted by molar-refractivity contribution is 7.11. The molecule has 0 spiro atoms. The van der Waals surface area contributed by atoms with Crippen molar-refractivity contribution in [3.8, 4) is 0 Å². The van der Waals surface area contributed by atoms with E-state index in [1.165, 1.54) is 44.5 Å². The Morgan fingerprint density at radius 1 is 0.579 bits per heavy atom. The van der Waals surface area contributed by atoms with Crippen molar-refractivity contribution < 1.29 is 0 Å². The van der Waals surface area contributed by atoms with Crippen molar-refractivity contribution in [1.29, 1.82) is 0 Å². The van der Waals surface area contributed by atoms with Gasteiger partial charge in [0.15, 0.2) is 0 Å². The topological polar surface area (TPSA) is 0 Å². The molecule has 1 heteroatoms. The van der Waals surface area contributed by atoms with Crippen LogP contribution in [0.4, 0.5) is 0 Å². The standard InChI is InChI=1S/C18H16S/c1-2-4-18-14-6-5-13(17(18)3-1)7-9-15-11-12-16(19-15)10-8-14/h1-6,11-12H,7-10H2. The van der Waals surface area contributed by atoms with Crippen LogP contribution in [-0.2, 0) is 25.7 Å². The van der Waals surface area contributed by atoms with E-state index in [1.54, 1.807) is 0 Å². The molecule has 2 aliphatic rings. The van der Waals surface area contributed by atoms with Gasteiger partial charge in [0.1, 0.15) is 0 Å². The first-order valence-electron chi connectivity index (χ1n) is 6.97. The molecule has 0 atom stereocenters. The van der Waals surface area contributed by atoms with E-state index in [1.807, 2.05) is 11.3 Å². The second-order valence-corrected chi connectivity index (χ2v) is 6.55. The van der Waals surface area contributed by atoms with Gasteiger partial charge in [0.25, 0.3) is 0 Å². The largest absolute Gasteiger partial charge is 0.145 e. The van der Waals surface area contributed by atoms with E-state index in [-0.39, 0.29) is 0 Å². The van der Waals surface area contributed by atoms with Gasteiger partial charge in [0.05, 0.1) is 0 Å². The molecule has 0 aliphatic carbocycles. The molecule has 2 aliphatic heterocycles. The summed E-state index contributed by atoms with van der Waals surface area (Å²) in [7, 11) is 0. The third kappa shape index (κ3) is 1.98. The molecule has 0 radical (unpaired) electrons. The summed E-state index contributed by atoms with van der Waals surface area (Å²) < 4.78 is 0. The molecule has 2 aromatic carbocycles.